The van der Waals surface area contributed by atoms with Crippen LogP contribution >= 0.6 is 0 Å². The molecule has 2 N–H and O–H groups in total. The van der Waals surface area contributed by atoms with Gasteiger partial charge in [-0.15, -0.1) is 0 Å². The van der Waals surface area contributed by atoms with E-state index in [0.717, 1.165) is 29.8 Å². The lowest BCUT2D eigenvalue weighted by atomic mass is 10.3. The Labute approximate surface area is 111 Å². The number of hydrogen-bond donors (Lipinski definition) is 2. The van der Waals surface area contributed by atoms with E-state index in [1.54, 1.807) is 10.9 Å². The van der Waals surface area contributed by atoms with Gasteiger partial charge in [0.25, 0.3) is 0 Å². The van der Waals surface area contributed by atoms with Crippen LogP contribution in [0.5, 0.6) is 0 Å². The fourth-order valence-corrected chi connectivity index (χ4v) is 1.78. The fraction of sp³-hybridized carbons (Fsp3) is 0.500. The number of nitrogens with one attached hydrogen (secondary N) is 2. The molecule has 0 atom stereocenters. The van der Waals surface area contributed by atoms with E-state index in [0.29, 0.717) is 13.1 Å². The normalized spacial score (nSPS) is 10.6. The van der Waals surface area contributed by atoms with Gasteiger partial charge in [-0.1, -0.05) is 6.92 Å². The van der Waals surface area contributed by atoms with Crippen molar-refractivity contribution in [2.45, 2.75) is 26.8 Å². The minimum Gasteiger partial charge on any atom is -0.369 e. The molecule has 0 aliphatic heterocycles. The molecule has 0 aliphatic carbocycles. The van der Waals surface area contributed by atoms with Gasteiger partial charge in [-0.05, 0) is 6.42 Å². The highest BCUT2D eigenvalue weighted by molar-refractivity contribution is 5.86. The Bertz CT molecular complexity index is 564. The van der Waals surface area contributed by atoms with Gasteiger partial charge in [-0.2, -0.15) is 5.10 Å². The van der Waals surface area contributed by atoms with E-state index in [1.807, 2.05) is 0 Å². The van der Waals surface area contributed by atoms with E-state index < -0.39 is 0 Å². The predicted octanol–water partition coefficient (Wildman–Crippen LogP) is 0.784. The zero-order valence-corrected chi connectivity index (χ0v) is 11.2. The maximum absolute atomic E-state index is 10.8. The van der Waals surface area contributed by atoms with Gasteiger partial charge >= 0.3 is 0 Å². The van der Waals surface area contributed by atoms with Crippen molar-refractivity contribution >= 4 is 22.8 Å². The molecule has 0 aliphatic rings. The highest BCUT2D eigenvalue weighted by Crippen LogP contribution is 2.18. The van der Waals surface area contributed by atoms with Crippen LogP contribution in [0.25, 0.3) is 11.0 Å². The number of nitrogens with zero attached hydrogens (tertiary/aromatic N) is 4. The zero-order valence-electron chi connectivity index (χ0n) is 11.2. The highest BCUT2D eigenvalue weighted by Gasteiger charge is 2.08. The Morgan fingerprint density at radius 1 is 1.37 bits per heavy atom. The first-order valence-corrected chi connectivity index (χ1v) is 6.37. The van der Waals surface area contributed by atoms with Crippen LogP contribution in [0, 0.1) is 0 Å². The lowest BCUT2D eigenvalue weighted by molar-refractivity contribution is -0.118. The van der Waals surface area contributed by atoms with Crippen LogP contribution in [0.15, 0.2) is 12.5 Å². The third kappa shape index (κ3) is 3.18. The first-order valence-electron chi connectivity index (χ1n) is 6.37. The first kappa shape index (κ1) is 13.3. The molecule has 0 fully saturated rings. The quantitative estimate of drug-likeness (QED) is 0.803. The molecule has 19 heavy (non-hydrogen) atoms. The van der Waals surface area contributed by atoms with Gasteiger partial charge in [0.1, 0.15) is 12.1 Å². The molecule has 0 radical (unpaired) electrons. The lowest BCUT2D eigenvalue weighted by Gasteiger charge is -2.06. The minimum atomic E-state index is -0.0450. The monoisotopic (exact) mass is 262 g/mol. The van der Waals surface area contributed by atoms with Crippen LogP contribution in [0.1, 0.15) is 20.3 Å². The predicted molar refractivity (Wildman–Crippen MR) is 72.8 cm³/mol. The van der Waals surface area contributed by atoms with Crippen molar-refractivity contribution in [3.8, 4) is 0 Å². The van der Waals surface area contributed by atoms with Gasteiger partial charge in [-0.3, -0.25) is 4.79 Å². The second kappa shape index (κ2) is 6.12. The van der Waals surface area contributed by atoms with Gasteiger partial charge in [0, 0.05) is 20.0 Å². The summed E-state index contributed by atoms with van der Waals surface area (Å²) in [6.45, 7) is 5.59. The van der Waals surface area contributed by atoms with Crippen LogP contribution in [-0.4, -0.2) is 38.7 Å². The molecular formula is C12H18N6O. The van der Waals surface area contributed by atoms with Crippen molar-refractivity contribution in [3.63, 3.8) is 0 Å². The van der Waals surface area contributed by atoms with E-state index in [2.05, 4.69) is 32.6 Å². The Morgan fingerprint density at radius 3 is 2.95 bits per heavy atom. The van der Waals surface area contributed by atoms with Crippen molar-refractivity contribution in [2.75, 3.05) is 18.4 Å². The summed E-state index contributed by atoms with van der Waals surface area (Å²) in [5.74, 6) is 0.758. The van der Waals surface area contributed by atoms with Gasteiger partial charge in [0.05, 0.1) is 18.1 Å². The number of anilines is 1. The summed E-state index contributed by atoms with van der Waals surface area (Å²) >= 11 is 0. The number of rotatable bonds is 6. The van der Waals surface area contributed by atoms with Crippen molar-refractivity contribution in [1.29, 1.82) is 0 Å². The molecule has 1 amide bonds. The molecule has 2 heterocycles. The first-order chi connectivity index (χ1) is 9.22. The summed E-state index contributed by atoms with van der Waals surface area (Å²) in [5, 5.41) is 11.2. The van der Waals surface area contributed by atoms with Crippen LogP contribution in [-0.2, 0) is 11.3 Å². The maximum Gasteiger partial charge on any atom is 0.216 e. The van der Waals surface area contributed by atoms with Gasteiger partial charge < -0.3 is 10.6 Å². The smallest absolute Gasteiger partial charge is 0.216 e. The zero-order chi connectivity index (χ0) is 13.7. The maximum atomic E-state index is 10.8. The molecule has 7 nitrogen and oxygen atoms in total. The summed E-state index contributed by atoms with van der Waals surface area (Å²) in [4.78, 5) is 19.3. The molecule has 0 saturated heterocycles. The molecule has 0 spiro atoms. The van der Waals surface area contributed by atoms with E-state index in [1.165, 1.54) is 13.3 Å². The summed E-state index contributed by atoms with van der Waals surface area (Å²) in [5.41, 5.74) is 0.777. The van der Waals surface area contributed by atoms with Gasteiger partial charge in [0.2, 0.25) is 5.91 Å². The Hall–Kier alpha value is -2.18. The molecule has 102 valence electrons. The fourth-order valence-electron chi connectivity index (χ4n) is 1.78. The molecule has 0 saturated carbocycles. The van der Waals surface area contributed by atoms with Gasteiger partial charge in [-0.25, -0.2) is 14.6 Å². The largest absolute Gasteiger partial charge is 0.369 e. The SMILES string of the molecule is CCCNc1ncnc2c1cnn2CCNC(C)=O. The van der Waals surface area contributed by atoms with Crippen LogP contribution in [0.3, 0.4) is 0 Å². The van der Waals surface area contributed by atoms with E-state index >= 15 is 0 Å². The topological polar surface area (TPSA) is 84.7 Å². The number of aromatic nitrogens is 4. The number of carbonyl (C=O) groups is 1. The molecule has 7 heteroatoms. The Balaban J connectivity index is 2.15. The average Bonchev–Trinajstić information content (AvgIpc) is 2.80. The van der Waals surface area contributed by atoms with Crippen molar-refractivity contribution in [1.82, 2.24) is 25.1 Å². The van der Waals surface area contributed by atoms with E-state index in [-0.39, 0.29) is 5.91 Å². The Kier molecular flexibility index (Phi) is 4.27. The second-order valence-electron chi connectivity index (χ2n) is 4.24. The molecule has 0 aromatic carbocycles. The Morgan fingerprint density at radius 2 is 2.21 bits per heavy atom. The van der Waals surface area contributed by atoms with Crippen LogP contribution in [0.2, 0.25) is 0 Å². The molecule has 0 bridgehead atoms. The number of fused-ring (bicyclic) bond motifs is 1. The number of amides is 1. The lowest BCUT2D eigenvalue weighted by Crippen LogP contribution is -2.24. The number of hydrogen-bond acceptors (Lipinski definition) is 5. The number of carbonyl (C=O) groups excluding carboxylic acids is 1. The summed E-state index contributed by atoms with van der Waals surface area (Å²) < 4.78 is 1.77. The third-order valence-corrected chi connectivity index (χ3v) is 2.67. The highest BCUT2D eigenvalue weighted by atomic mass is 16.1. The molecular weight excluding hydrogens is 244 g/mol. The van der Waals surface area contributed by atoms with Gasteiger partial charge in [0.15, 0.2) is 5.65 Å². The molecule has 0 unspecified atom stereocenters. The molecule has 2 aromatic rings. The summed E-state index contributed by atoms with van der Waals surface area (Å²) in [6, 6.07) is 0. The molecule has 2 rings (SSSR count). The van der Waals surface area contributed by atoms with Crippen molar-refractivity contribution in [3.05, 3.63) is 12.5 Å². The average molecular weight is 262 g/mol. The van der Waals surface area contributed by atoms with E-state index in [9.17, 15) is 4.79 Å². The standard InChI is InChI=1S/C12H18N6O/c1-3-4-14-11-10-7-17-18(6-5-13-9(2)19)12(10)16-8-15-11/h7-8H,3-6H2,1-2H3,(H,13,19)(H,14,15,16). The molecule has 2 aromatic heterocycles. The van der Waals surface area contributed by atoms with Crippen molar-refractivity contribution in [2.24, 2.45) is 0 Å². The summed E-state index contributed by atoms with van der Waals surface area (Å²) in [6.07, 6.45) is 4.31. The van der Waals surface area contributed by atoms with Crippen LogP contribution in [0.4, 0.5) is 5.82 Å². The second-order valence-corrected chi connectivity index (χ2v) is 4.24. The van der Waals surface area contributed by atoms with E-state index in [4.69, 9.17) is 0 Å². The van der Waals surface area contributed by atoms with Crippen molar-refractivity contribution < 1.29 is 4.79 Å². The van der Waals surface area contributed by atoms with Crippen LogP contribution < -0.4 is 10.6 Å². The summed E-state index contributed by atoms with van der Waals surface area (Å²) in [7, 11) is 0. The third-order valence-electron chi connectivity index (χ3n) is 2.67. The minimum absolute atomic E-state index is 0.0450.